The highest BCUT2D eigenvalue weighted by Crippen LogP contribution is 2.45. The molecule has 0 bridgehead atoms. The lowest BCUT2D eigenvalue weighted by Gasteiger charge is -2.40. The number of benzene rings is 3. The van der Waals surface area contributed by atoms with Crippen molar-refractivity contribution >= 4 is 35.0 Å². The standard InChI is InChI=1S/C45H48O27/c46-13-26-33(55)36(58)39(61)43(70-26)66-19-4-1-16(2-5-19)3-6-30(52)64-14-27-34(56)38(60)41(63)45(72-27)69-25-11-20-23(67-42(25)17-7-21(48)32(54)22(49)8-17)9-18(47)10-24(20)68-44-40(62)37(59)35(57)28(71-44)15-65-31(53)12-29(50)51/h1-11,26-28,33-41,43-46,55-63H,12-15H2,(H4-,47,48,49,50,51,54)/p+1/b6-3+/t26-,27-,28-,33-,34-,35-,36+,37+,38+,39-,40-,41-,43-,44-,45-/m1/s1. The topological polar surface area (TPSA) is 440 Å². The van der Waals surface area contributed by atoms with Crippen LogP contribution >= 0.6 is 0 Å². The van der Waals surface area contributed by atoms with Crippen LogP contribution in [0.15, 0.2) is 65.1 Å². The van der Waals surface area contributed by atoms with Gasteiger partial charge in [0.05, 0.1) is 18.2 Å². The number of phenolic OH excluding ortho intramolecular Hbond substituents is 4. The number of carboxylic acid groups (broad SMARTS) is 1. The molecule has 3 aliphatic heterocycles. The lowest BCUT2D eigenvalue weighted by Crippen LogP contribution is -2.60. The third kappa shape index (κ3) is 11.8. The van der Waals surface area contributed by atoms with Gasteiger partial charge < -0.3 is 114 Å². The van der Waals surface area contributed by atoms with Crippen molar-refractivity contribution in [3.8, 4) is 51.6 Å². The van der Waals surface area contributed by atoms with Crippen LogP contribution in [0.3, 0.4) is 0 Å². The summed E-state index contributed by atoms with van der Waals surface area (Å²) >= 11 is 0. The molecule has 7 rings (SSSR count). The van der Waals surface area contributed by atoms with Gasteiger partial charge in [0.15, 0.2) is 17.2 Å². The Morgan fingerprint density at radius 3 is 1.67 bits per heavy atom. The SMILES string of the molecule is O=C(O)CC(=O)OC[C@H]1O[C@@H](Oc2cc(O)cc3[o+]c(-c4cc(O)c(O)c(O)c4)c(O[C@@H]4O[C@H](COC(=O)/C=C/c5ccc(O[C@@H]6O[C@H](CO)[C@@H](O)[C@H](O)[C@H]6O)cc5)[C@@H](O)[C@H](O)[C@H]4O)cc23)[C@H](O)[C@@H](O)[C@@H]1O. The lowest BCUT2D eigenvalue weighted by molar-refractivity contribution is -0.278. The first-order valence-electron chi connectivity index (χ1n) is 21.5. The molecule has 3 saturated heterocycles. The zero-order valence-electron chi connectivity index (χ0n) is 36.9. The molecule has 390 valence electrons. The normalized spacial score (nSPS) is 30.7. The Labute approximate surface area is 403 Å². The number of aliphatic carboxylic acids is 1. The van der Waals surface area contributed by atoms with Crippen LogP contribution in [0.2, 0.25) is 0 Å². The number of carbonyl (C=O) groups is 3. The van der Waals surface area contributed by atoms with E-state index in [1.165, 1.54) is 30.3 Å². The number of hydrogen-bond acceptors (Lipinski definition) is 25. The molecule has 3 fully saturated rings. The summed E-state index contributed by atoms with van der Waals surface area (Å²) in [6.45, 7) is -2.23. The number of hydrogen-bond donors (Lipinski definition) is 15. The van der Waals surface area contributed by atoms with Gasteiger partial charge in [-0.05, 0) is 23.8 Å². The summed E-state index contributed by atoms with van der Waals surface area (Å²) in [7, 11) is 0. The van der Waals surface area contributed by atoms with Gasteiger partial charge in [-0.3, -0.25) is 9.59 Å². The minimum Gasteiger partial charge on any atom is -0.507 e. The van der Waals surface area contributed by atoms with Crippen molar-refractivity contribution in [1.82, 2.24) is 0 Å². The molecular weight excluding hydrogens is 972 g/mol. The quantitative estimate of drug-likeness (QED) is 0.0175. The highest BCUT2D eigenvalue weighted by Gasteiger charge is 2.49. The molecule has 4 aromatic rings. The zero-order chi connectivity index (χ0) is 52.3. The minimum atomic E-state index is -2.07. The van der Waals surface area contributed by atoms with E-state index in [4.69, 9.17) is 47.4 Å². The minimum absolute atomic E-state index is 0.141. The first-order valence-corrected chi connectivity index (χ1v) is 21.5. The maximum absolute atomic E-state index is 12.8. The van der Waals surface area contributed by atoms with E-state index in [1.807, 2.05) is 0 Å². The van der Waals surface area contributed by atoms with Crippen LogP contribution in [-0.4, -0.2) is 206 Å². The third-order valence-electron chi connectivity index (χ3n) is 11.4. The van der Waals surface area contributed by atoms with Crippen LogP contribution in [0.25, 0.3) is 28.4 Å². The second kappa shape index (κ2) is 22.4. The van der Waals surface area contributed by atoms with Gasteiger partial charge in [0, 0.05) is 30.3 Å². The monoisotopic (exact) mass is 1020 g/mol. The van der Waals surface area contributed by atoms with Crippen molar-refractivity contribution in [2.24, 2.45) is 0 Å². The molecular formula is C45H49O27+. The number of carbonyl (C=O) groups excluding carboxylic acids is 2. The molecule has 0 radical (unpaired) electrons. The molecule has 4 heterocycles. The molecule has 3 aliphatic rings. The Hall–Kier alpha value is -6.70. The van der Waals surface area contributed by atoms with E-state index in [-0.39, 0.29) is 22.3 Å². The Bertz CT molecular complexity index is 2580. The molecule has 15 atom stereocenters. The fraction of sp³-hybridized carbons (Fsp3) is 0.422. The van der Waals surface area contributed by atoms with Gasteiger partial charge in [-0.1, -0.05) is 12.1 Å². The fourth-order valence-corrected chi connectivity index (χ4v) is 7.53. The second-order valence-electron chi connectivity index (χ2n) is 16.5. The van der Waals surface area contributed by atoms with Crippen LogP contribution in [-0.2, 0) is 38.1 Å². The maximum atomic E-state index is 12.8. The maximum Gasteiger partial charge on any atom is 0.402 e. The average molecular weight is 1020 g/mol. The number of aromatic hydroxyl groups is 4. The fourth-order valence-electron chi connectivity index (χ4n) is 7.53. The largest absolute Gasteiger partial charge is 0.507 e. The van der Waals surface area contributed by atoms with Crippen molar-refractivity contribution in [1.29, 1.82) is 0 Å². The predicted molar refractivity (Wildman–Crippen MR) is 231 cm³/mol. The van der Waals surface area contributed by atoms with Crippen LogP contribution in [0.5, 0.6) is 40.2 Å². The molecule has 15 N–H and O–H groups in total. The number of phenols is 4. The molecule has 27 nitrogen and oxygen atoms in total. The van der Waals surface area contributed by atoms with E-state index in [0.717, 1.165) is 36.4 Å². The first kappa shape index (κ1) is 53.1. The highest BCUT2D eigenvalue weighted by atomic mass is 16.7. The van der Waals surface area contributed by atoms with Gasteiger partial charge in [-0.25, -0.2) is 9.21 Å². The van der Waals surface area contributed by atoms with Gasteiger partial charge in [0.1, 0.15) is 116 Å². The zero-order valence-corrected chi connectivity index (χ0v) is 36.9. The Morgan fingerprint density at radius 1 is 0.597 bits per heavy atom. The van der Waals surface area contributed by atoms with Crippen LogP contribution < -0.4 is 14.2 Å². The molecule has 27 heteroatoms. The van der Waals surface area contributed by atoms with E-state index in [0.29, 0.717) is 5.56 Å². The molecule has 0 saturated carbocycles. The third-order valence-corrected chi connectivity index (χ3v) is 11.4. The van der Waals surface area contributed by atoms with Crippen molar-refractivity contribution < 1.29 is 133 Å². The molecule has 0 amide bonds. The van der Waals surface area contributed by atoms with Crippen LogP contribution in [0.4, 0.5) is 0 Å². The molecule has 0 unspecified atom stereocenters. The Kier molecular flexibility index (Phi) is 16.5. The number of fused-ring (bicyclic) bond motifs is 1. The van der Waals surface area contributed by atoms with Crippen molar-refractivity contribution in [2.45, 2.75) is 98.5 Å². The summed E-state index contributed by atoms with van der Waals surface area (Å²) in [5.41, 5.74) is -0.0849. The van der Waals surface area contributed by atoms with Gasteiger partial charge >= 0.3 is 29.3 Å². The summed E-state index contributed by atoms with van der Waals surface area (Å²) in [6, 6.07) is 10.7. The van der Waals surface area contributed by atoms with Gasteiger partial charge in [-0.15, -0.1) is 0 Å². The van der Waals surface area contributed by atoms with E-state index in [1.54, 1.807) is 0 Å². The molecule has 3 aromatic carbocycles. The number of aliphatic hydroxyl groups excluding tert-OH is 10. The molecule has 0 spiro atoms. The van der Waals surface area contributed by atoms with Crippen molar-refractivity contribution in [2.75, 3.05) is 19.8 Å². The number of carboxylic acids is 1. The van der Waals surface area contributed by atoms with E-state index < -0.39 is 177 Å². The van der Waals surface area contributed by atoms with Crippen LogP contribution in [0, 0.1) is 0 Å². The van der Waals surface area contributed by atoms with E-state index in [2.05, 4.69) is 0 Å². The summed E-state index contributed by atoms with van der Waals surface area (Å²) in [5, 5.41) is 155. The first-order chi connectivity index (χ1) is 34.1. The van der Waals surface area contributed by atoms with Crippen LogP contribution in [0.1, 0.15) is 12.0 Å². The lowest BCUT2D eigenvalue weighted by atomic mass is 9.99. The smallest absolute Gasteiger partial charge is 0.402 e. The summed E-state index contributed by atoms with van der Waals surface area (Å²) in [4.78, 5) is 35.6. The Balaban J connectivity index is 1.09. The number of esters is 2. The summed E-state index contributed by atoms with van der Waals surface area (Å²) < 4.78 is 50.2. The highest BCUT2D eigenvalue weighted by molar-refractivity contribution is 5.90. The summed E-state index contributed by atoms with van der Waals surface area (Å²) in [6.07, 6.45) is -25.3. The van der Waals surface area contributed by atoms with Crippen molar-refractivity contribution in [3.63, 3.8) is 0 Å². The van der Waals surface area contributed by atoms with E-state index >= 15 is 0 Å². The Morgan fingerprint density at radius 2 is 1.11 bits per heavy atom. The number of rotatable bonds is 16. The second-order valence-corrected chi connectivity index (χ2v) is 16.5. The summed E-state index contributed by atoms with van der Waals surface area (Å²) in [5.74, 6) is -8.13. The number of aliphatic hydroxyl groups is 10. The van der Waals surface area contributed by atoms with Gasteiger partial charge in [0.25, 0.3) is 0 Å². The van der Waals surface area contributed by atoms with Gasteiger partial charge in [-0.2, -0.15) is 0 Å². The molecule has 72 heavy (non-hydrogen) atoms. The van der Waals surface area contributed by atoms with Gasteiger partial charge in [0.2, 0.25) is 24.6 Å². The van der Waals surface area contributed by atoms with Crippen molar-refractivity contribution in [3.05, 3.63) is 66.2 Å². The molecule has 0 aliphatic carbocycles. The average Bonchev–Trinajstić information content (AvgIpc) is 3.34. The molecule has 1 aromatic heterocycles. The number of ether oxygens (including phenoxy) is 8. The predicted octanol–water partition coefficient (Wildman–Crippen LogP) is -2.97. The van der Waals surface area contributed by atoms with E-state index in [9.17, 15) is 85.9 Å².